The number of aliphatic hydroxyl groups is 2. The van der Waals surface area contributed by atoms with Crippen molar-refractivity contribution < 1.29 is 19.8 Å². The SMILES string of the molecule is C[C@H](/C=C/CC(=O)N1Cc2ccccc2C[C@H]1CO)[C@@]1(O)C(=O)Nc2ccc(-n3[nH]c4ccccc4c3=O)cc21. The molecule has 0 saturated carbocycles. The lowest BCUT2D eigenvalue weighted by Gasteiger charge is -2.36. The van der Waals surface area contributed by atoms with Crippen LogP contribution in [0.15, 0.2) is 83.7 Å². The van der Waals surface area contributed by atoms with Crippen molar-refractivity contribution in [3.05, 3.63) is 106 Å². The molecule has 2 aliphatic rings. The first-order valence-corrected chi connectivity index (χ1v) is 13.3. The quantitative estimate of drug-likeness (QED) is 0.281. The van der Waals surface area contributed by atoms with Gasteiger partial charge in [-0.3, -0.25) is 19.5 Å². The van der Waals surface area contributed by atoms with Gasteiger partial charge in [0, 0.05) is 30.1 Å². The minimum absolute atomic E-state index is 0.0675. The molecule has 2 amide bonds. The molecule has 0 bridgehead atoms. The molecule has 0 spiro atoms. The molecule has 3 atom stereocenters. The minimum atomic E-state index is -1.89. The normalized spacial score (nSPS) is 20.9. The van der Waals surface area contributed by atoms with Crippen molar-refractivity contribution in [1.29, 1.82) is 0 Å². The van der Waals surface area contributed by atoms with Gasteiger partial charge in [-0.25, -0.2) is 4.68 Å². The number of carbonyl (C=O) groups is 2. The van der Waals surface area contributed by atoms with E-state index in [2.05, 4.69) is 10.4 Å². The number of aliphatic hydroxyl groups excluding tert-OH is 1. The lowest BCUT2D eigenvalue weighted by molar-refractivity contribution is -0.137. The third kappa shape index (κ3) is 4.14. The van der Waals surface area contributed by atoms with Crippen molar-refractivity contribution in [3.8, 4) is 5.69 Å². The monoisotopic (exact) mass is 538 g/mol. The maximum atomic E-state index is 13.1. The third-order valence-electron chi connectivity index (χ3n) is 8.12. The third-order valence-corrected chi connectivity index (χ3v) is 8.12. The fourth-order valence-corrected chi connectivity index (χ4v) is 5.80. The number of aromatic nitrogens is 2. The standard InChI is InChI=1S/C31H30N4O5/c1-19(7-6-12-28(37)34-17-21-9-3-2-8-20(21)15-23(34)18-36)31(40)25-16-22(13-14-27(25)32-30(31)39)35-29(38)24-10-4-5-11-26(24)33-35/h2-11,13-14,16,19,23,33,36,40H,12,15,17-18H2,1H3,(H,32,39)/b7-6+/t19-,23+,31+/m1/s1. The minimum Gasteiger partial charge on any atom is -0.394 e. The number of para-hydroxylation sites is 1. The van der Waals surface area contributed by atoms with Crippen LogP contribution in [-0.2, 0) is 28.2 Å². The fourth-order valence-electron chi connectivity index (χ4n) is 5.80. The van der Waals surface area contributed by atoms with E-state index in [1.807, 2.05) is 36.4 Å². The Kier molecular flexibility index (Phi) is 6.40. The number of carbonyl (C=O) groups excluding carboxylic acids is 2. The van der Waals surface area contributed by atoms with Crippen molar-refractivity contribution in [3.63, 3.8) is 0 Å². The highest BCUT2D eigenvalue weighted by atomic mass is 16.3. The Balaban J connectivity index is 1.23. The number of nitrogens with zero attached hydrogens (tertiary/aromatic N) is 2. The topological polar surface area (TPSA) is 128 Å². The summed E-state index contributed by atoms with van der Waals surface area (Å²) in [5.74, 6) is -1.38. The van der Waals surface area contributed by atoms with Crippen LogP contribution in [0.1, 0.15) is 30.0 Å². The molecule has 6 rings (SSSR count). The maximum Gasteiger partial charge on any atom is 0.279 e. The van der Waals surface area contributed by atoms with Gasteiger partial charge < -0.3 is 20.4 Å². The number of benzene rings is 3. The first-order chi connectivity index (χ1) is 19.3. The van der Waals surface area contributed by atoms with Crippen LogP contribution in [0.25, 0.3) is 16.6 Å². The van der Waals surface area contributed by atoms with E-state index in [9.17, 15) is 24.6 Å². The number of nitrogens with one attached hydrogen (secondary N) is 2. The molecule has 3 aromatic carbocycles. The van der Waals surface area contributed by atoms with Crippen molar-refractivity contribution in [2.75, 3.05) is 11.9 Å². The average molecular weight is 539 g/mol. The van der Waals surface area contributed by atoms with Crippen LogP contribution >= 0.6 is 0 Å². The van der Waals surface area contributed by atoms with E-state index in [-0.39, 0.29) is 30.5 Å². The van der Waals surface area contributed by atoms with Crippen LogP contribution in [0, 0.1) is 5.92 Å². The first-order valence-electron chi connectivity index (χ1n) is 13.3. The largest absolute Gasteiger partial charge is 0.394 e. The second-order valence-corrected chi connectivity index (χ2v) is 10.5. The molecule has 0 fully saturated rings. The van der Waals surface area contributed by atoms with Gasteiger partial charge in [-0.15, -0.1) is 0 Å². The van der Waals surface area contributed by atoms with E-state index < -0.39 is 17.4 Å². The summed E-state index contributed by atoms with van der Waals surface area (Å²) < 4.78 is 1.39. The average Bonchev–Trinajstić information content (AvgIpc) is 3.45. The van der Waals surface area contributed by atoms with Crippen molar-refractivity contribution in [1.82, 2.24) is 14.7 Å². The zero-order valence-corrected chi connectivity index (χ0v) is 22.0. The van der Waals surface area contributed by atoms with E-state index in [0.29, 0.717) is 40.8 Å². The van der Waals surface area contributed by atoms with E-state index in [0.717, 1.165) is 11.1 Å². The highest BCUT2D eigenvalue weighted by Crippen LogP contribution is 2.42. The fraction of sp³-hybridized carbons (Fsp3) is 0.258. The molecule has 0 unspecified atom stereocenters. The van der Waals surface area contributed by atoms with E-state index in [1.54, 1.807) is 54.3 Å². The molecule has 0 saturated heterocycles. The predicted octanol–water partition coefficient (Wildman–Crippen LogP) is 2.99. The number of hydrogen-bond donors (Lipinski definition) is 4. The Morgan fingerprint density at radius 3 is 2.62 bits per heavy atom. The van der Waals surface area contributed by atoms with Gasteiger partial charge in [0.2, 0.25) is 5.91 Å². The summed E-state index contributed by atoms with van der Waals surface area (Å²) in [7, 11) is 0. The number of rotatable bonds is 6. The van der Waals surface area contributed by atoms with Gasteiger partial charge in [-0.2, -0.15) is 0 Å². The van der Waals surface area contributed by atoms with Gasteiger partial charge in [-0.1, -0.05) is 55.5 Å². The molecule has 0 radical (unpaired) electrons. The van der Waals surface area contributed by atoms with Gasteiger partial charge in [-0.05, 0) is 47.9 Å². The molecule has 40 heavy (non-hydrogen) atoms. The van der Waals surface area contributed by atoms with E-state index >= 15 is 0 Å². The molecular formula is C31H30N4O5. The van der Waals surface area contributed by atoms with Crippen LogP contribution in [0.4, 0.5) is 5.69 Å². The molecule has 3 heterocycles. The number of anilines is 1. The highest BCUT2D eigenvalue weighted by molar-refractivity contribution is 6.05. The summed E-state index contributed by atoms with van der Waals surface area (Å²) in [5, 5.41) is 27.9. The Hall–Kier alpha value is -4.47. The second kappa shape index (κ2) is 9.93. The summed E-state index contributed by atoms with van der Waals surface area (Å²) >= 11 is 0. The van der Waals surface area contributed by atoms with Crippen LogP contribution < -0.4 is 10.9 Å². The Morgan fingerprint density at radius 2 is 1.85 bits per heavy atom. The number of aromatic amines is 1. The van der Waals surface area contributed by atoms with Crippen molar-refractivity contribution in [2.45, 2.75) is 38.0 Å². The highest BCUT2D eigenvalue weighted by Gasteiger charge is 2.48. The smallest absolute Gasteiger partial charge is 0.279 e. The number of fused-ring (bicyclic) bond motifs is 3. The summed E-state index contributed by atoms with van der Waals surface area (Å²) in [5.41, 5.74) is 2.07. The molecule has 204 valence electrons. The van der Waals surface area contributed by atoms with Gasteiger partial charge in [0.1, 0.15) is 0 Å². The van der Waals surface area contributed by atoms with E-state index in [1.165, 1.54) is 4.68 Å². The summed E-state index contributed by atoms with van der Waals surface area (Å²) in [6.07, 6.45) is 3.99. The van der Waals surface area contributed by atoms with Gasteiger partial charge in [0.25, 0.3) is 11.5 Å². The van der Waals surface area contributed by atoms with Crippen molar-refractivity contribution in [2.24, 2.45) is 5.92 Å². The van der Waals surface area contributed by atoms with Gasteiger partial charge in [0.05, 0.1) is 29.2 Å². The first kappa shape index (κ1) is 25.8. The molecule has 4 N–H and O–H groups in total. The number of amides is 2. The molecule has 9 heteroatoms. The molecular weight excluding hydrogens is 508 g/mol. The number of H-pyrrole nitrogens is 1. The maximum absolute atomic E-state index is 13.1. The zero-order chi connectivity index (χ0) is 28.0. The Bertz CT molecular complexity index is 1720. The predicted molar refractivity (Wildman–Crippen MR) is 151 cm³/mol. The van der Waals surface area contributed by atoms with Crippen LogP contribution in [-0.4, -0.2) is 49.4 Å². The Morgan fingerprint density at radius 1 is 1.10 bits per heavy atom. The second-order valence-electron chi connectivity index (χ2n) is 10.5. The summed E-state index contributed by atoms with van der Waals surface area (Å²) in [6, 6.07) is 19.8. The molecule has 1 aromatic heterocycles. The van der Waals surface area contributed by atoms with Crippen LogP contribution in [0.2, 0.25) is 0 Å². The molecule has 2 aliphatic heterocycles. The molecule has 0 aliphatic carbocycles. The Labute approximate surface area is 230 Å². The lowest BCUT2D eigenvalue weighted by atomic mass is 9.82. The summed E-state index contributed by atoms with van der Waals surface area (Å²) in [6.45, 7) is 2.02. The molecule has 9 nitrogen and oxygen atoms in total. The van der Waals surface area contributed by atoms with Gasteiger partial charge in [0.15, 0.2) is 5.60 Å². The van der Waals surface area contributed by atoms with Gasteiger partial charge >= 0.3 is 0 Å². The summed E-state index contributed by atoms with van der Waals surface area (Å²) in [4.78, 5) is 40.8. The molecule has 4 aromatic rings. The number of hydrogen-bond acceptors (Lipinski definition) is 5. The van der Waals surface area contributed by atoms with Crippen molar-refractivity contribution >= 4 is 28.4 Å². The lowest BCUT2D eigenvalue weighted by Crippen LogP contribution is -2.46. The van der Waals surface area contributed by atoms with Crippen LogP contribution in [0.3, 0.4) is 0 Å². The zero-order valence-electron chi connectivity index (χ0n) is 22.0. The van der Waals surface area contributed by atoms with Crippen LogP contribution in [0.5, 0.6) is 0 Å². The van der Waals surface area contributed by atoms with E-state index in [4.69, 9.17) is 0 Å².